The highest BCUT2D eigenvalue weighted by molar-refractivity contribution is 14.0. The van der Waals surface area contributed by atoms with Crippen molar-refractivity contribution in [3.05, 3.63) is 29.8 Å². The van der Waals surface area contributed by atoms with Gasteiger partial charge in [-0.25, -0.2) is 0 Å². The molecule has 2 aliphatic rings. The molecule has 1 aliphatic heterocycles. The van der Waals surface area contributed by atoms with Crippen molar-refractivity contribution in [1.82, 2.24) is 10.6 Å². The molecule has 1 saturated heterocycles. The molecule has 7 heteroatoms. The van der Waals surface area contributed by atoms with E-state index in [0.717, 1.165) is 44.2 Å². The first-order valence-electron chi connectivity index (χ1n) is 10.0. The third-order valence-electron chi connectivity index (χ3n) is 5.89. The summed E-state index contributed by atoms with van der Waals surface area (Å²) in [7, 11) is 1.70. The Bertz CT molecular complexity index is 626. The van der Waals surface area contributed by atoms with E-state index in [2.05, 4.69) is 29.7 Å². The number of methoxy groups -OCH3 is 1. The molecule has 2 fully saturated rings. The van der Waals surface area contributed by atoms with E-state index < -0.39 is 0 Å². The molecule has 0 bridgehead atoms. The third-order valence-corrected chi connectivity index (χ3v) is 5.89. The Hall–Kier alpha value is -1.06. The van der Waals surface area contributed by atoms with Crippen molar-refractivity contribution >= 4 is 29.9 Å². The zero-order valence-corrected chi connectivity index (χ0v) is 19.3. The summed E-state index contributed by atoms with van der Waals surface area (Å²) in [6.45, 7) is 6.09. The van der Waals surface area contributed by atoms with E-state index in [0.29, 0.717) is 13.2 Å². The van der Waals surface area contributed by atoms with Crippen molar-refractivity contribution in [3.63, 3.8) is 0 Å². The van der Waals surface area contributed by atoms with Crippen LogP contribution in [0, 0.1) is 5.41 Å². The predicted molar refractivity (Wildman–Crippen MR) is 123 cm³/mol. The van der Waals surface area contributed by atoms with Gasteiger partial charge >= 0.3 is 0 Å². The van der Waals surface area contributed by atoms with Crippen LogP contribution in [0.25, 0.3) is 0 Å². The fraction of sp³-hybridized carbons (Fsp3) is 0.667. The Balaban J connectivity index is 0.00000280. The summed E-state index contributed by atoms with van der Waals surface area (Å²) in [4.78, 5) is 4.82. The molecule has 6 nitrogen and oxygen atoms in total. The monoisotopic (exact) mass is 503 g/mol. The predicted octanol–water partition coefficient (Wildman–Crippen LogP) is 2.69. The van der Waals surface area contributed by atoms with Gasteiger partial charge in [-0.15, -0.1) is 24.0 Å². The molecule has 1 aromatic rings. The van der Waals surface area contributed by atoms with Gasteiger partial charge in [0.25, 0.3) is 0 Å². The Labute approximate surface area is 185 Å². The van der Waals surface area contributed by atoms with Gasteiger partial charge in [-0.05, 0) is 50.3 Å². The Morgan fingerprint density at radius 2 is 1.96 bits per heavy atom. The molecule has 0 spiro atoms. The molecule has 3 rings (SSSR count). The summed E-state index contributed by atoms with van der Waals surface area (Å²) in [5, 5.41) is 16.3. The number of hydrogen-bond donors (Lipinski definition) is 3. The third kappa shape index (κ3) is 5.73. The lowest BCUT2D eigenvalue weighted by Crippen LogP contribution is -2.42. The van der Waals surface area contributed by atoms with E-state index in [9.17, 15) is 5.11 Å². The lowest BCUT2D eigenvalue weighted by atomic mass is 9.84. The standard InChI is InChI=1S/C21H33N3O3.HI/c1-3-22-19(23-14-20(10-12-25)11-13-27-16-20)24-15-21(8-9-21)17-4-6-18(26-2)7-5-17;/h4-7,25H,3,8-16H2,1-2H3,(H2,22,23,24);1H. The summed E-state index contributed by atoms with van der Waals surface area (Å²) >= 11 is 0. The Kier molecular flexibility index (Phi) is 8.82. The second-order valence-corrected chi connectivity index (χ2v) is 7.83. The minimum Gasteiger partial charge on any atom is -0.497 e. The van der Waals surface area contributed by atoms with Crippen molar-refractivity contribution in [2.45, 2.75) is 38.0 Å². The Morgan fingerprint density at radius 3 is 2.50 bits per heavy atom. The number of aliphatic hydroxyl groups excluding tert-OH is 1. The van der Waals surface area contributed by atoms with Crippen molar-refractivity contribution in [2.75, 3.05) is 46.6 Å². The fourth-order valence-corrected chi connectivity index (χ4v) is 3.79. The fourth-order valence-electron chi connectivity index (χ4n) is 3.79. The van der Waals surface area contributed by atoms with Gasteiger partial charge in [0.05, 0.1) is 20.3 Å². The molecule has 1 unspecified atom stereocenters. The van der Waals surface area contributed by atoms with Crippen LogP contribution in [0.2, 0.25) is 0 Å². The van der Waals surface area contributed by atoms with Crippen molar-refractivity contribution in [1.29, 1.82) is 0 Å². The topological polar surface area (TPSA) is 75.1 Å². The summed E-state index contributed by atoms with van der Waals surface area (Å²) in [6, 6.07) is 8.41. The maximum Gasteiger partial charge on any atom is 0.191 e. The number of nitrogens with one attached hydrogen (secondary N) is 2. The highest BCUT2D eigenvalue weighted by Crippen LogP contribution is 2.47. The van der Waals surface area contributed by atoms with E-state index in [1.165, 1.54) is 18.4 Å². The van der Waals surface area contributed by atoms with E-state index in [1.807, 2.05) is 12.1 Å². The quantitative estimate of drug-likeness (QED) is 0.275. The smallest absolute Gasteiger partial charge is 0.191 e. The van der Waals surface area contributed by atoms with Gasteiger partial charge in [0.1, 0.15) is 5.75 Å². The van der Waals surface area contributed by atoms with Crippen LogP contribution in [0.4, 0.5) is 0 Å². The van der Waals surface area contributed by atoms with Crippen LogP contribution in [0.5, 0.6) is 5.75 Å². The summed E-state index contributed by atoms with van der Waals surface area (Å²) in [5.41, 5.74) is 1.53. The van der Waals surface area contributed by atoms with Crippen LogP contribution in [0.15, 0.2) is 29.3 Å². The van der Waals surface area contributed by atoms with E-state index in [-0.39, 0.29) is 41.4 Å². The maximum atomic E-state index is 9.40. The zero-order valence-electron chi connectivity index (χ0n) is 17.0. The number of guanidine groups is 1. The molecule has 158 valence electrons. The highest BCUT2D eigenvalue weighted by atomic mass is 127. The van der Waals surface area contributed by atoms with Crippen LogP contribution >= 0.6 is 24.0 Å². The van der Waals surface area contributed by atoms with Crippen molar-refractivity contribution in [2.24, 2.45) is 10.4 Å². The van der Waals surface area contributed by atoms with Gasteiger partial charge in [0.2, 0.25) is 0 Å². The number of ether oxygens (including phenoxy) is 2. The van der Waals surface area contributed by atoms with Crippen molar-refractivity contribution < 1.29 is 14.6 Å². The number of halogens is 1. The minimum atomic E-state index is -0.0235. The number of hydrogen-bond acceptors (Lipinski definition) is 4. The molecule has 28 heavy (non-hydrogen) atoms. The van der Waals surface area contributed by atoms with Crippen LogP contribution in [0.1, 0.15) is 38.2 Å². The van der Waals surface area contributed by atoms with Gasteiger partial charge in [0.15, 0.2) is 5.96 Å². The maximum absolute atomic E-state index is 9.40. The lowest BCUT2D eigenvalue weighted by Gasteiger charge is -2.25. The van der Waals surface area contributed by atoms with Crippen LogP contribution in [-0.2, 0) is 10.2 Å². The first-order chi connectivity index (χ1) is 13.2. The SMILES string of the molecule is CCNC(=NCC1(CCO)CCOC1)NCC1(c2ccc(OC)cc2)CC1.I. The molecular formula is C21H34IN3O3. The summed E-state index contributed by atoms with van der Waals surface area (Å²) in [6.07, 6.45) is 4.08. The first-order valence-corrected chi connectivity index (χ1v) is 10.0. The molecule has 0 aromatic heterocycles. The molecular weight excluding hydrogens is 469 g/mol. The summed E-state index contributed by atoms with van der Waals surface area (Å²) < 4.78 is 10.8. The average molecular weight is 503 g/mol. The highest BCUT2D eigenvalue weighted by Gasteiger charge is 2.44. The molecule has 1 heterocycles. The molecule has 1 aromatic carbocycles. The second-order valence-electron chi connectivity index (χ2n) is 7.83. The summed E-state index contributed by atoms with van der Waals surface area (Å²) in [5.74, 6) is 1.74. The van der Waals surface area contributed by atoms with Crippen LogP contribution in [-0.4, -0.2) is 57.6 Å². The van der Waals surface area contributed by atoms with Gasteiger partial charge in [-0.2, -0.15) is 0 Å². The minimum absolute atomic E-state index is 0. The number of benzene rings is 1. The van der Waals surface area contributed by atoms with Crippen LogP contribution in [0.3, 0.4) is 0 Å². The number of rotatable bonds is 9. The normalized spacial score (nSPS) is 23.0. The second kappa shape index (κ2) is 10.6. The lowest BCUT2D eigenvalue weighted by molar-refractivity contribution is 0.131. The van der Waals surface area contributed by atoms with E-state index in [1.54, 1.807) is 7.11 Å². The molecule has 0 radical (unpaired) electrons. The van der Waals surface area contributed by atoms with Crippen molar-refractivity contribution in [3.8, 4) is 5.75 Å². The first kappa shape index (κ1) is 23.2. The molecule has 1 aliphatic carbocycles. The number of aliphatic hydroxyl groups is 1. The van der Waals surface area contributed by atoms with Crippen LogP contribution < -0.4 is 15.4 Å². The molecule has 1 atom stereocenters. The average Bonchev–Trinajstić information content (AvgIpc) is 3.35. The Morgan fingerprint density at radius 1 is 1.21 bits per heavy atom. The zero-order chi connectivity index (χ0) is 19.2. The molecule has 3 N–H and O–H groups in total. The van der Waals surface area contributed by atoms with Gasteiger partial charge in [-0.1, -0.05) is 12.1 Å². The molecule has 0 amide bonds. The van der Waals surface area contributed by atoms with Gasteiger partial charge in [0, 0.05) is 37.1 Å². The van der Waals surface area contributed by atoms with Gasteiger partial charge < -0.3 is 25.2 Å². The largest absolute Gasteiger partial charge is 0.497 e. The van der Waals surface area contributed by atoms with E-state index in [4.69, 9.17) is 14.5 Å². The van der Waals surface area contributed by atoms with E-state index >= 15 is 0 Å². The molecule has 1 saturated carbocycles. The number of aliphatic imine (C=N–C) groups is 1. The number of nitrogens with zero attached hydrogens (tertiary/aromatic N) is 1. The van der Waals surface area contributed by atoms with Gasteiger partial charge in [-0.3, -0.25) is 4.99 Å².